The van der Waals surface area contributed by atoms with Gasteiger partial charge in [-0.2, -0.15) is 5.10 Å². The van der Waals surface area contributed by atoms with Crippen molar-refractivity contribution in [3.05, 3.63) is 46.4 Å². The van der Waals surface area contributed by atoms with Crippen molar-refractivity contribution in [3.8, 4) is 0 Å². The van der Waals surface area contributed by atoms with Gasteiger partial charge < -0.3 is 10.3 Å². The fourth-order valence-corrected chi connectivity index (χ4v) is 2.24. The predicted octanol–water partition coefficient (Wildman–Crippen LogP) is 1.01. The number of hydrogen-bond acceptors (Lipinski definition) is 4. The summed E-state index contributed by atoms with van der Waals surface area (Å²) in [5.41, 5.74) is -0.477. The Kier molecular flexibility index (Phi) is 3.56. The Labute approximate surface area is 127 Å². The van der Waals surface area contributed by atoms with Gasteiger partial charge in [0.1, 0.15) is 11.5 Å². The zero-order chi connectivity index (χ0) is 15.7. The number of amides is 1. The van der Waals surface area contributed by atoms with E-state index in [1.54, 1.807) is 10.9 Å². The Bertz CT molecular complexity index is 729. The van der Waals surface area contributed by atoms with Crippen LogP contribution in [0.4, 0.5) is 0 Å². The van der Waals surface area contributed by atoms with Crippen LogP contribution in [0.1, 0.15) is 48.9 Å². The lowest BCUT2D eigenvalue weighted by molar-refractivity contribution is 0.0930. The Balaban J connectivity index is 1.71. The van der Waals surface area contributed by atoms with Crippen LogP contribution in [-0.2, 0) is 5.54 Å². The van der Waals surface area contributed by atoms with Crippen LogP contribution in [0.3, 0.4) is 0 Å². The lowest BCUT2D eigenvalue weighted by Crippen LogP contribution is -2.41. The Hall–Kier alpha value is -2.44. The summed E-state index contributed by atoms with van der Waals surface area (Å²) in [6, 6.07) is 3.08. The molecule has 2 aromatic rings. The first-order chi connectivity index (χ1) is 10.5. The predicted molar refractivity (Wildman–Crippen MR) is 80.7 cm³/mol. The van der Waals surface area contributed by atoms with E-state index in [4.69, 9.17) is 0 Å². The Morgan fingerprint density at radius 2 is 2.27 bits per heavy atom. The summed E-state index contributed by atoms with van der Waals surface area (Å²) in [7, 11) is 0. The second-order valence-corrected chi connectivity index (χ2v) is 6.24. The third kappa shape index (κ3) is 3.08. The smallest absolute Gasteiger partial charge is 0.270 e. The van der Waals surface area contributed by atoms with Crippen molar-refractivity contribution in [2.45, 2.75) is 38.1 Å². The molecule has 0 bridgehead atoms. The molecule has 1 aliphatic carbocycles. The van der Waals surface area contributed by atoms with Crippen molar-refractivity contribution < 1.29 is 4.79 Å². The molecule has 2 N–H and O–H groups in total. The topological polar surface area (TPSA) is 92.7 Å². The van der Waals surface area contributed by atoms with Crippen LogP contribution in [0.25, 0.3) is 0 Å². The Morgan fingerprint density at radius 1 is 1.50 bits per heavy atom. The lowest BCUT2D eigenvalue weighted by atomic mass is 10.1. The first-order valence-electron chi connectivity index (χ1n) is 7.35. The average Bonchev–Trinajstić information content (AvgIpc) is 3.18. The van der Waals surface area contributed by atoms with Gasteiger partial charge in [-0.3, -0.25) is 14.3 Å². The van der Waals surface area contributed by atoms with E-state index >= 15 is 0 Å². The van der Waals surface area contributed by atoms with Crippen LogP contribution in [0.5, 0.6) is 0 Å². The standard InChI is InChI=1S/C15H19N5O2/c1-15(2,20-7-3-6-17-20)9-16-14(22)11-8-12(21)19-13(18-11)10-4-5-10/h3,6-8,10H,4-5,9H2,1-2H3,(H,16,22)(H,18,19,21). The van der Waals surface area contributed by atoms with Gasteiger partial charge in [0.15, 0.2) is 0 Å². The van der Waals surface area contributed by atoms with Gasteiger partial charge in [0, 0.05) is 30.9 Å². The van der Waals surface area contributed by atoms with Gasteiger partial charge in [-0.1, -0.05) is 0 Å². The fourth-order valence-electron chi connectivity index (χ4n) is 2.24. The molecule has 0 unspecified atom stereocenters. The van der Waals surface area contributed by atoms with Crippen molar-refractivity contribution >= 4 is 5.91 Å². The number of H-pyrrole nitrogens is 1. The van der Waals surface area contributed by atoms with E-state index in [1.807, 2.05) is 26.1 Å². The molecular weight excluding hydrogens is 282 g/mol. The first-order valence-corrected chi connectivity index (χ1v) is 7.35. The molecule has 0 atom stereocenters. The van der Waals surface area contributed by atoms with E-state index in [-0.39, 0.29) is 22.7 Å². The molecule has 22 heavy (non-hydrogen) atoms. The lowest BCUT2D eigenvalue weighted by Gasteiger charge is -2.25. The van der Waals surface area contributed by atoms with Crippen molar-refractivity contribution in [3.63, 3.8) is 0 Å². The molecule has 2 aromatic heterocycles. The van der Waals surface area contributed by atoms with Gasteiger partial charge in [-0.05, 0) is 32.8 Å². The fraction of sp³-hybridized carbons (Fsp3) is 0.467. The number of nitrogens with zero attached hydrogens (tertiary/aromatic N) is 3. The monoisotopic (exact) mass is 301 g/mol. The van der Waals surface area contributed by atoms with Gasteiger partial charge >= 0.3 is 0 Å². The molecule has 1 aliphatic rings. The zero-order valence-electron chi connectivity index (χ0n) is 12.7. The molecule has 0 aliphatic heterocycles. The summed E-state index contributed by atoms with van der Waals surface area (Å²) in [4.78, 5) is 30.9. The first kappa shape index (κ1) is 14.5. The van der Waals surface area contributed by atoms with Crippen molar-refractivity contribution in [1.29, 1.82) is 0 Å². The number of aromatic nitrogens is 4. The van der Waals surface area contributed by atoms with E-state index in [0.717, 1.165) is 12.8 Å². The normalized spacial score (nSPS) is 14.8. The number of carbonyl (C=O) groups is 1. The minimum atomic E-state index is -0.361. The molecular formula is C15H19N5O2. The number of carbonyl (C=O) groups excluding carboxylic acids is 1. The minimum Gasteiger partial charge on any atom is -0.348 e. The van der Waals surface area contributed by atoms with E-state index in [0.29, 0.717) is 18.3 Å². The van der Waals surface area contributed by atoms with Gasteiger partial charge in [0.25, 0.3) is 11.5 Å². The summed E-state index contributed by atoms with van der Waals surface area (Å²) in [6.07, 6.45) is 5.58. The second kappa shape index (κ2) is 5.40. The molecule has 116 valence electrons. The minimum absolute atomic E-state index is 0.168. The number of aromatic amines is 1. The highest BCUT2D eigenvalue weighted by molar-refractivity contribution is 5.92. The van der Waals surface area contributed by atoms with E-state index in [1.165, 1.54) is 6.07 Å². The molecule has 7 nitrogen and oxygen atoms in total. The molecule has 1 saturated carbocycles. The van der Waals surface area contributed by atoms with Crippen molar-refractivity contribution in [2.24, 2.45) is 0 Å². The SMILES string of the molecule is CC(C)(CNC(=O)c1cc(=O)[nH]c(C2CC2)n1)n1cccn1. The average molecular weight is 301 g/mol. The summed E-state index contributed by atoms with van der Waals surface area (Å²) in [5.74, 6) is 0.568. The van der Waals surface area contributed by atoms with Gasteiger partial charge in [0.2, 0.25) is 0 Å². The third-order valence-corrected chi connectivity index (χ3v) is 3.76. The molecule has 3 rings (SSSR count). The highest BCUT2D eigenvalue weighted by Gasteiger charge is 2.27. The van der Waals surface area contributed by atoms with Crippen molar-refractivity contribution in [2.75, 3.05) is 6.54 Å². The van der Waals surface area contributed by atoms with Crippen LogP contribution >= 0.6 is 0 Å². The molecule has 2 heterocycles. The number of nitrogens with one attached hydrogen (secondary N) is 2. The van der Waals surface area contributed by atoms with Crippen LogP contribution in [0.15, 0.2) is 29.3 Å². The maximum Gasteiger partial charge on any atom is 0.270 e. The quantitative estimate of drug-likeness (QED) is 0.862. The molecule has 1 fully saturated rings. The maximum atomic E-state index is 12.3. The molecule has 1 amide bonds. The maximum absolute atomic E-state index is 12.3. The molecule has 7 heteroatoms. The van der Waals surface area contributed by atoms with E-state index in [9.17, 15) is 9.59 Å². The summed E-state index contributed by atoms with van der Waals surface area (Å²) >= 11 is 0. The summed E-state index contributed by atoms with van der Waals surface area (Å²) < 4.78 is 1.79. The number of hydrogen-bond donors (Lipinski definition) is 2. The van der Waals surface area contributed by atoms with E-state index < -0.39 is 0 Å². The van der Waals surface area contributed by atoms with Crippen LogP contribution in [0.2, 0.25) is 0 Å². The van der Waals surface area contributed by atoms with E-state index in [2.05, 4.69) is 20.4 Å². The Morgan fingerprint density at radius 3 is 2.91 bits per heavy atom. The van der Waals surface area contributed by atoms with Crippen LogP contribution < -0.4 is 10.9 Å². The third-order valence-electron chi connectivity index (χ3n) is 3.76. The molecule has 0 radical (unpaired) electrons. The molecule has 0 spiro atoms. The molecule has 0 aromatic carbocycles. The largest absolute Gasteiger partial charge is 0.348 e. The van der Waals surface area contributed by atoms with Crippen LogP contribution in [-0.4, -0.2) is 32.2 Å². The number of rotatable bonds is 5. The molecule has 0 saturated heterocycles. The van der Waals surface area contributed by atoms with Gasteiger partial charge in [0.05, 0.1) is 5.54 Å². The van der Waals surface area contributed by atoms with Gasteiger partial charge in [-0.25, -0.2) is 4.98 Å². The van der Waals surface area contributed by atoms with Gasteiger partial charge in [-0.15, -0.1) is 0 Å². The van der Waals surface area contributed by atoms with Crippen molar-refractivity contribution in [1.82, 2.24) is 25.1 Å². The highest BCUT2D eigenvalue weighted by atomic mass is 16.2. The summed E-state index contributed by atoms with van der Waals surface area (Å²) in [6.45, 7) is 4.34. The zero-order valence-corrected chi connectivity index (χ0v) is 12.7. The highest BCUT2D eigenvalue weighted by Crippen LogP contribution is 2.37. The second-order valence-electron chi connectivity index (χ2n) is 6.24. The van der Waals surface area contributed by atoms with Crippen LogP contribution in [0, 0.1) is 0 Å². The summed E-state index contributed by atoms with van der Waals surface area (Å²) in [5, 5.41) is 7.02.